The summed E-state index contributed by atoms with van der Waals surface area (Å²) in [7, 11) is 0. The van der Waals surface area contributed by atoms with Gasteiger partial charge in [-0.1, -0.05) is 129 Å². The lowest BCUT2D eigenvalue weighted by molar-refractivity contribution is 0.660. The zero-order valence-electron chi connectivity index (χ0n) is 30.0. The fourth-order valence-electron chi connectivity index (χ4n) is 9.60. The van der Waals surface area contributed by atoms with Crippen LogP contribution in [0.15, 0.2) is 174 Å². The third-order valence-corrected chi connectivity index (χ3v) is 12.1. The number of anilines is 3. The van der Waals surface area contributed by atoms with Crippen molar-refractivity contribution in [2.75, 3.05) is 4.90 Å². The Hall–Kier alpha value is -6.84. The molecule has 0 N–H and O–H groups in total. The largest absolute Gasteiger partial charge is 0.456 e. The van der Waals surface area contributed by atoms with Crippen molar-refractivity contribution in [1.29, 1.82) is 0 Å². The average molecular weight is 691 g/mol. The summed E-state index contributed by atoms with van der Waals surface area (Å²) in [5.41, 5.74) is 16.7. The summed E-state index contributed by atoms with van der Waals surface area (Å²) in [6, 6.07) is 62.2. The predicted octanol–water partition coefficient (Wildman–Crippen LogP) is 14.2. The lowest BCUT2D eigenvalue weighted by Crippen LogP contribution is -2.14. The minimum absolute atomic E-state index is 0.0477. The van der Waals surface area contributed by atoms with E-state index in [4.69, 9.17) is 4.42 Å². The lowest BCUT2D eigenvalue weighted by Gasteiger charge is -2.27. The second kappa shape index (κ2) is 10.6. The lowest BCUT2D eigenvalue weighted by atomic mass is 9.81. The van der Waals surface area contributed by atoms with Crippen LogP contribution in [-0.4, -0.2) is 4.40 Å². The van der Waals surface area contributed by atoms with Crippen LogP contribution in [-0.2, 0) is 5.41 Å². The molecular weight excluding hydrogens is 657 g/mol. The van der Waals surface area contributed by atoms with Crippen molar-refractivity contribution < 1.29 is 4.42 Å². The molecule has 1 aliphatic carbocycles. The Balaban J connectivity index is 1.08. The molecule has 0 atom stereocenters. The summed E-state index contributed by atoms with van der Waals surface area (Å²) in [4.78, 5) is 2.43. The van der Waals surface area contributed by atoms with E-state index in [1.165, 1.54) is 71.5 Å². The number of furan rings is 1. The van der Waals surface area contributed by atoms with Crippen LogP contribution in [0.2, 0.25) is 0 Å². The molecule has 12 rings (SSSR count). The second-order valence-corrected chi connectivity index (χ2v) is 15.3. The van der Waals surface area contributed by atoms with Crippen molar-refractivity contribution in [3.63, 3.8) is 0 Å². The first-order valence-electron chi connectivity index (χ1n) is 18.8. The van der Waals surface area contributed by atoms with E-state index in [0.717, 1.165) is 39.0 Å². The molecule has 0 saturated heterocycles. The van der Waals surface area contributed by atoms with Crippen LogP contribution in [0.4, 0.5) is 17.1 Å². The fraction of sp³-hybridized carbons (Fsp3) is 0.0588. The summed E-state index contributed by atoms with van der Waals surface area (Å²) >= 11 is 0. The molecule has 3 heterocycles. The Morgan fingerprint density at radius 3 is 1.94 bits per heavy atom. The van der Waals surface area contributed by atoms with E-state index in [1.54, 1.807) is 0 Å². The first-order valence-corrected chi connectivity index (χ1v) is 18.8. The SMILES string of the molecule is CC1(C)c2ccccc2-c2ccc(-c3ccc(N(c4ccc5oc6ccccc6c5c4)c4cccc5c6cccc7c8ccccc8n(c45)c76)cc3)cc21. The van der Waals surface area contributed by atoms with Gasteiger partial charge in [0.15, 0.2) is 0 Å². The number of rotatable bonds is 4. The number of fused-ring (bicyclic) bond motifs is 12. The van der Waals surface area contributed by atoms with Crippen molar-refractivity contribution in [1.82, 2.24) is 4.40 Å². The molecule has 3 aromatic heterocycles. The van der Waals surface area contributed by atoms with E-state index in [1.807, 2.05) is 12.1 Å². The molecule has 1 aliphatic rings. The molecule has 54 heavy (non-hydrogen) atoms. The van der Waals surface area contributed by atoms with Crippen molar-refractivity contribution in [2.24, 2.45) is 0 Å². The maximum atomic E-state index is 6.30. The van der Waals surface area contributed by atoms with Crippen molar-refractivity contribution in [3.05, 3.63) is 181 Å². The molecule has 0 spiro atoms. The van der Waals surface area contributed by atoms with E-state index in [0.29, 0.717) is 0 Å². The number of aromatic nitrogens is 1. The highest BCUT2D eigenvalue weighted by Gasteiger charge is 2.35. The highest BCUT2D eigenvalue weighted by molar-refractivity contribution is 6.25. The molecule has 0 bridgehead atoms. The second-order valence-electron chi connectivity index (χ2n) is 15.3. The number of nitrogens with zero attached hydrogens (tertiary/aromatic N) is 2. The van der Waals surface area contributed by atoms with E-state index in [-0.39, 0.29) is 5.41 Å². The molecule has 8 aromatic carbocycles. The van der Waals surface area contributed by atoms with Gasteiger partial charge in [0.05, 0.1) is 22.2 Å². The molecule has 0 fully saturated rings. The number of para-hydroxylation sites is 4. The first-order chi connectivity index (χ1) is 26.5. The predicted molar refractivity (Wildman–Crippen MR) is 226 cm³/mol. The van der Waals surface area contributed by atoms with Gasteiger partial charge in [0, 0.05) is 49.1 Å². The van der Waals surface area contributed by atoms with Crippen LogP contribution in [0.5, 0.6) is 0 Å². The van der Waals surface area contributed by atoms with E-state index in [9.17, 15) is 0 Å². The zero-order chi connectivity index (χ0) is 35.7. The molecule has 0 radical (unpaired) electrons. The third kappa shape index (κ3) is 3.91. The smallest absolute Gasteiger partial charge is 0.135 e. The summed E-state index contributed by atoms with van der Waals surface area (Å²) in [6.07, 6.45) is 0. The summed E-state index contributed by atoms with van der Waals surface area (Å²) in [6.45, 7) is 4.70. The van der Waals surface area contributed by atoms with Gasteiger partial charge in [-0.15, -0.1) is 0 Å². The minimum atomic E-state index is -0.0477. The van der Waals surface area contributed by atoms with Gasteiger partial charge in [0.25, 0.3) is 0 Å². The summed E-state index contributed by atoms with van der Waals surface area (Å²) in [5, 5.41) is 7.31. The van der Waals surface area contributed by atoms with Crippen LogP contribution in [0.3, 0.4) is 0 Å². The van der Waals surface area contributed by atoms with Gasteiger partial charge in [0.2, 0.25) is 0 Å². The normalized spacial score (nSPS) is 13.5. The molecule has 3 heteroatoms. The Morgan fingerprint density at radius 1 is 0.444 bits per heavy atom. The third-order valence-electron chi connectivity index (χ3n) is 12.1. The Morgan fingerprint density at radius 2 is 1.07 bits per heavy atom. The molecule has 0 saturated carbocycles. The Labute approximate surface area is 312 Å². The number of hydrogen-bond donors (Lipinski definition) is 0. The minimum Gasteiger partial charge on any atom is -0.456 e. The summed E-state index contributed by atoms with van der Waals surface area (Å²) < 4.78 is 8.79. The van der Waals surface area contributed by atoms with Crippen LogP contribution < -0.4 is 4.90 Å². The maximum Gasteiger partial charge on any atom is 0.135 e. The summed E-state index contributed by atoms with van der Waals surface area (Å²) in [5.74, 6) is 0. The maximum absolute atomic E-state index is 6.30. The molecule has 0 aliphatic heterocycles. The molecule has 0 amide bonds. The van der Waals surface area contributed by atoms with Crippen molar-refractivity contribution in [3.8, 4) is 22.3 Å². The van der Waals surface area contributed by atoms with Crippen molar-refractivity contribution >= 4 is 77.1 Å². The van der Waals surface area contributed by atoms with E-state index in [2.05, 4.69) is 181 Å². The number of benzene rings is 8. The van der Waals surface area contributed by atoms with Crippen molar-refractivity contribution in [2.45, 2.75) is 19.3 Å². The molecule has 254 valence electrons. The van der Waals surface area contributed by atoms with E-state index < -0.39 is 0 Å². The standard InChI is InChI=1S/C51H34N2O/c1-51(2)43-17-6-3-11-35(43)36-27-23-32(29-44(36)51)31-21-24-33(25-22-31)52(34-26-28-48-42(30-34)38-13-5-8-20-47(38)54-48)46-19-10-16-41-40-15-9-14-39-37-12-4-7-18-45(37)53(49(39)40)50(41)46/h3-30H,1-2H3. The molecule has 0 unspecified atom stereocenters. The molecular formula is C51H34N2O. The van der Waals surface area contributed by atoms with Gasteiger partial charge in [-0.2, -0.15) is 0 Å². The quantitative estimate of drug-likeness (QED) is 0.183. The first kappa shape index (κ1) is 29.7. The molecule has 3 nitrogen and oxygen atoms in total. The Bertz CT molecular complexity index is 3310. The van der Waals surface area contributed by atoms with Gasteiger partial charge in [-0.3, -0.25) is 0 Å². The van der Waals surface area contributed by atoms with Crippen LogP contribution in [0, 0.1) is 0 Å². The van der Waals surface area contributed by atoms with Crippen LogP contribution >= 0.6 is 0 Å². The molecule has 11 aromatic rings. The monoisotopic (exact) mass is 690 g/mol. The van der Waals surface area contributed by atoms with Crippen LogP contribution in [0.25, 0.3) is 82.3 Å². The van der Waals surface area contributed by atoms with Gasteiger partial charge < -0.3 is 13.7 Å². The number of hydrogen-bond acceptors (Lipinski definition) is 2. The van der Waals surface area contributed by atoms with Gasteiger partial charge >= 0.3 is 0 Å². The fourth-order valence-corrected chi connectivity index (χ4v) is 9.60. The Kier molecular flexibility index (Phi) is 5.84. The average Bonchev–Trinajstić information content (AvgIpc) is 3.93. The van der Waals surface area contributed by atoms with Gasteiger partial charge in [0.1, 0.15) is 11.2 Å². The zero-order valence-corrected chi connectivity index (χ0v) is 30.0. The highest BCUT2D eigenvalue weighted by Crippen LogP contribution is 2.50. The van der Waals surface area contributed by atoms with Crippen LogP contribution in [0.1, 0.15) is 25.0 Å². The van der Waals surface area contributed by atoms with Gasteiger partial charge in [-0.05, 0) is 88.0 Å². The van der Waals surface area contributed by atoms with Gasteiger partial charge in [-0.25, -0.2) is 0 Å². The van der Waals surface area contributed by atoms with E-state index >= 15 is 0 Å². The highest BCUT2D eigenvalue weighted by atomic mass is 16.3. The topological polar surface area (TPSA) is 20.8 Å².